The molecule has 0 heterocycles. The average molecular weight is 232 g/mol. The van der Waals surface area contributed by atoms with Crippen molar-refractivity contribution < 1.29 is 19.2 Å². The number of carbonyl (C=O) groups is 1. The van der Waals surface area contributed by atoms with Gasteiger partial charge in [-0.3, -0.25) is 10.1 Å². The Labute approximate surface area is 89.5 Å². The third kappa shape index (κ3) is 2.81. The molecule has 6 nitrogen and oxygen atoms in total. The van der Waals surface area contributed by atoms with Crippen molar-refractivity contribution in [3.63, 3.8) is 0 Å². The van der Waals surface area contributed by atoms with Crippen LogP contribution in [0.25, 0.3) is 0 Å². The highest BCUT2D eigenvalue weighted by atomic mass is 35.5. The minimum atomic E-state index is -1.09. The number of benzene rings is 1. The lowest BCUT2D eigenvalue weighted by molar-refractivity contribution is -0.384. The van der Waals surface area contributed by atoms with Crippen molar-refractivity contribution in [1.82, 2.24) is 0 Å². The van der Waals surface area contributed by atoms with Crippen LogP contribution in [0.2, 0.25) is 0 Å². The molecule has 0 N–H and O–H groups in total. The van der Waals surface area contributed by atoms with Crippen LogP contribution in [0.1, 0.15) is 0 Å². The molecule has 0 aliphatic rings. The van der Waals surface area contributed by atoms with E-state index in [-0.39, 0.29) is 17.2 Å². The maximum atomic E-state index is 10.5. The summed E-state index contributed by atoms with van der Waals surface area (Å²) in [6.07, 6.45) is 0. The Morgan fingerprint density at radius 2 is 2.13 bits per heavy atom. The van der Waals surface area contributed by atoms with Crippen LogP contribution in [-0.4, -0.2) is 17.5 Å². The smallest absolute Gasteiger partial charge is 0.409 e. The molecule has 0 fully saturated rings. The molecule has 0 amide bonds. The van der Waals surface area contributed by atoms with Gasteiger partial charge in [-0.05, 0) is 6.07 Å². The average Bonchev–Trinajstić information content (AvgIpc) is 2.16. The first-order valence-electron chi connectivity index (χ1n) is 3.74. The first kappa shape index (κ1) is 11.3. The van der Waals surface area contributed by atoms with Crippen molar-refractivity contribution in [2.24, 2.45) is 0 Å². The van der Waals surface area contributed by atoms with E-state index in [2.05, 4.69) is 4.74 Å². The number of methoxy groups -OCH3 is 1. The van der Waals surface area contributed by atoms with Gasteiger partial charge < -0.3 is 9.47 Å². The molecule has 0 spiro atoms. The molecule has 0 unspecified atom stereocenters. The lowest BCUT2D eigenvalue weighted by Gasteiger charge is -2.05. The Morgan fingerprint density at radius 3 is 2.60 bits per heavy atom. The van der Waals surface area contributed by atoms with Crippen molar-refractivity contribution in [3.05, 3.63) is 28.3 Å². The van der Waals surface area contributed by atoms with Crippen LogP contribution >= 0.6 is 11.6 Å². The Hall–Kier alpha value is -1.82. The summed E-state index contributed by atoms with van der Waals surface area (Å²) >= 11 is 4.99. The second kappa shape index (κ2) is 4.61. The number of nitro groups is 1. The van der Waals surface area contributed by atoms with E-state index in [9.17, 15) is 14.9 Å². The van der Waals surface area contributed by atoms with Gasteiger partial charge in [-0.15, -0.1) is 0 Å². The molecule has 0 aromatic heterocycles. The van der Waals surface area contributed by atoms with E-state index < -0.39 is 10.4 Å². The SMILES string of the molecule is COc1ccc([N+](=O)[O-])cc1OC(=O)Cl. The summed E-state index contributed by atoms with van der Waals surface area (Å²) in [6, 6.07) is 3.59. The number of carbonyl (C=O) groups excluding carboxylic acids is 1. The van der Waals surface area contributed by atoms with Crippen LogP contribution in [0.5, 0.6) is 11.5 Å². The van der Waals surface area contributed by atoms with Crippen LogP contribution in [0, 0.1) is 10.1 Å². The largest absolute Gasteiger partial charge is 0.493 e. The summed E-state index contributed by atoms with van der Waals surface area (Å²) in [7, 11) is 1.34. The number of nitrogens with zero attached hydrogens (tertiary/aromatic N) is 1. The van der Waals surface area contributed by atoms with Gasteiger partial charge in [0.2, 0.25) is 0 Å². The number of hydrogen-bond donors (Lipinski definition) is 0. The molecule has 0 saturated carbocycles. The zero-order valence-corrected chi connectivity index (χ0v) is 8.35. The molecular weight excluding hydrogens is 226 g/mol. The van der Waals surface area contributed by atoms with Crippen molar-refractivity contribution in [2.75, 3.05) is 7.11 Å². The van der Waals surface area contributed by atoms with Gasteiger partial charge >= 0.3 is 5.43 Å². The Balaban J connectivity index is 3.12. The Morgan fingerprint density at radius 1 is 1.47 bits per heavy atom. The zero-order valence-electron chi connectivity index (χ0n) is 7.60. The maximum Gasteiger partial charge on any atom is 0.409 e. The lowest BCUT2D eigenvalue weighted by Crippen LogP contribution is -1.99. The van der Waals surface area contributed by atoms with Gasteiger partial charge in [-0.1, -0.05) is 0 Å². The third-order valence-corrected chi connectivity index (χ3v) is 1.63. The molecule has 1 aromatic carbocycles. The highest BCUT2D eigenvalue weighted by Crippen LogP contribution is 2.31. The second-order valence-corrected chi connectivity index (χ2v) is 2.74. The number of non-ortho nitro benzene ring substituents is 1. The topological polar surface area (TPSA) is 78.7 Å². The van der Waals surface area contributed by atoms with Crippen molar-refractivity contribution in [3.8, 4) is 11.5 Å². The molecule has 0 aliphatic carbocycles. The normalized spacial score (nSPS) is 9.47. The first-order valence-corrected chi connectivity index (χ1v) is 4.12. The molecule has 15 heavy (non-hydrogen) atoms. The minimum Gasteiger partial charge on any atom is -0.493 e. The molecule has 7 heteroatoms. The second-order valence-electron chi connectivity index (χ2n) is 2.43. The quantitative estimate of drug-likeness (QED) is 0.453. The van der Waals surface area contributed by atoms with Crippen molar-refractivity contribution >= 4 is 22.7 Å². The molecule has 0 saturated heterocycles. The van der Waals surface area contributed by atoms with E-state index >= 15 is 0 Å². The molecular formula is C8H6ClNO5. The summed E-state index contributed by atoms with van der Waals surface area (Å²) < 4.78 is 9.35. The first-order chi connectivity index (χ1) is 7.04. The number of ether oxygens (including phenoxy) is 2. The summed E-state index contributed by atoms with van der Waals surface area (Å²) in [5, 5.41) is 10.4. The van der Waals surface area contributed by atoms with Crippen molar-refractivity contribution in [1.29, 1.82) is 0 Å². The lowest BCUT2D eigenvalue weighted by atomic mass is 10.3. The van der Waals surface area contributed by atoms with Gasteiger partial charge in [0.25, 0.3) is 5.69 Å². The van der Waals surface area contributed by atoms with E-state index in [1.165, 1.54) is 19.2 Å². The standard InChI is InChI=1S/C8H6ClNO5/c1-14-6-3-2-5(10(12)13)4-7(6)15-8(9)11/h2-4H,1H3. The number of hydrogen-bond acceptors (Lipinski definition) is 5. The number of rotatable bonds is 3. The summed E-state index contributed by atoms with van der Waals surface area (Å²) in [5.41, 5.74) is -1.31. The highest BCUT2D eigenvalue weighted by molar-refractivity contribution is 6.61. The van der Waals surface area contributed by atoms with Crippen LogP contribution in [0.4, 0.5) is 10.5 Å². The van der Waals surface area contributed by atoms with E-state index in [0.29, 0.717) is 0 Å². The van der Waals surface area contributed by atoms with Crippen LogP contribution < -0.4 is 9.47 Å². The Bertz CT molecular complexity index is 406. The predicted molar refractivity (Wildman–Crippen MR) is 51.5 cm³/mol. The molecule has 1 rings (SSSR count). The predicted octanol–water partition coefficient (Wildman–Crippen LogP) is 2.34. The highest BCUT2D eigenvalue weighted by Gasteiger charge is 2.14. The van der Waals surface area contributed by atoms with Crippen LogP contribution in [-0.2, 0) is 0 Å². The van der Waals surface area contributed by atoms with Gasteiger partial charge in [0.15, 0.2) is 11.5 Å². The molecule has 0 aliphatic heterocycles. The number of nitro benzene ring substituents is 1. The Kier molecular flexibility index (Phi) is 3.46. The molecule has 0 bridgehead atoms. The number of halogens is 1. The van der Waals surface area contributed by atoms with E-state index in [4.69, 9.17) is 16.3 Å². The van der Waals surface area contributed by atoms with Crippen LogP contribution in [0.15, 0.2) is 18.2 Å². The summed E-state index contributed by atoms with van der Waals surface area (Å²) in [6.45, 7) is 0. The maximum absolute atomic E-state index is 10.5. The molecule has 1 aromatic rings. The molecule has 80 valence electrons. The fraction of sp³-hybridized carbons (Fsp3) is 0.125. The zero-order chi connectivity index (χ0) is 11.4. The third-order valence-electron chi connectivity index (χ3n) is 1.55. The van der Waals surface area contributed by atoms with Crippen LogP contribution in [0.3, 0.4) is 0 Å². The molecule has 0 atom stereocenters. The summed E-state index contributed by atoms with van der Waals surface area (Å²) in [5.74, 6) is 0.0984. The van der Waals surface area contributed by atoms with Gasteiger partial charge in [-0.25, -0.2) is 4.79 Å². The van der Waals surface area contributed by atoms with Gasteiger partial charge in [0.1, 0.15) is 0 Å². The fourth-order valence-corrected chi connectivity index (χ4v) is 1.03. The minimum absolute atomic E-state index is 0.0910. The van der Waals surface area contributed by atoms with Crippen molar-refractivity contribution in [2.45, 2.75) is 0 Å². The van der Waals surface area contributed by atoms with Gasteiger partial charge in [0.05, 0.1) is 18.1 Å². The van der Waals surface area contributed by atoms with E-state index in [0.717, 1.165) is 6.07 Å². The van der Waals surface area contributed by atoms with E-state index in [1.54, 1.807) is 0 Å². The fourth-order valence-electron chi connectivity index (χ4n) is 0.945. The monoisotopic (exact) mass is 231 g/mol. The van der Waals surface area contributed by atoms with Gasteiger partial charge in [-0.2, -0.15) is 0 Å². The summed E-state index contributed by atoms with van der Waals surface area (Å²) in [4.78, 5) is 20.3. The van der Waals surface area contributed by atoms with Gasteiger partial charge in [0, 0.05) is 17.7 Å². The van der Waals surface area contributed by atoms with E-state index in [1.807, 2.05) is 0 Å². The molecule has 0 radical (unpaired) electrons.